The maximum absolute atomic E-state index is 9.56. The summed E-state index contributed by atoms with van der Waals surface area (Å²) in [6.45, 7) is 10.7. The van der Waals surface area contributed by atoms with Crippen LogP contribution in [0.4, 0.5) is 0 Å². The highest BCUT2D eigenvalue weighted by atomic mass is 16.5. The van der Waals surface area contributed by atoms with E-state index in [1.54, 1.807) is 0 Å². The van der Waals surface area contributed by atoms with Gasteiger partial charge in [0.25, 0.3) is 0 Å². The molecule has 0 aromatic rings. The summed E-state index contributed by atoms with van der Waals surface area (Å²) >= 11 is 0. The van der Waals surface area contributed by atoms with Crippen LogP contribution in [0.3, 0.4) is 0 Å². The summed E-state index contributed by atoms with van der Waals surface area (Å²) in [4.78, 5) is 2.40. The normalized spacial score (nSPS) is 26.9. The van der Waals surface area contributed by atoms with E-state index in [2.05, 4.69) is 11.5 Å². The third-order valence-corrected chi connectivity index (χ3v) is 3.41. The molecule has 0 aliphatic carbocycles. The summed E-state index contributed by atoms with van der Waals surface area (Å²) < 4.78 is 5.37. The van der Waals surface area contributed by atoms with Gasteiger partial charge in [-0.2, -0.15) is 0 Å². The molecule has 0 aromatic heterocycles. The van der Waals surface area contributed by atoms with Gasteiger partial charge in [0, 0.05) is 25.1 Å². The molecule has 0 bridgehead atoms. The number of aliphatic hydroxyl groups is 1. The summed E-state index contributed by atoms with van der Waals surface area (Å²) in [5.74, 6) is 0. The van der Waals surface area contributed by atoms with E-state index in [-0.39, 0.29) is 12.0 Å². The molecule has 0 radical (unpaired) electrons. The van der Waals surface area contributed by atoms with E-state index in [0.29, 0.717) is 0 Å². The standard InChI is InChI=1S/C13H25NO2/c1-3-6-13(12-15)7-5-8-14(11-13)9-10-16-4-2/h3,15H,1,4-12H2,2H3/t13-/m0/s1. The van der Waals surface area contributed by atoms with Crippen molar-refractivity contribution in [2.75, 3.05) is 39.5 Å². The molecule has 3 nitrogen and oxygen atoms in total. The zero-order valence-electron chi connectivity index (χ0n) is 10.5. The zero-order valence-corrected chi connectivity index (χ0v) is 10.5. The Hall–Kier alpha value is -0.380. The van der Waals surface area contributed by atoms with Crippen LogP contribution >= 0.6 is 0 Å². The number of ether oxygens (including phenoxy) is 1. The van der Waals surface area contributed by atoms with Gasteiger partial charge in [-0.05, 0) is 32.7 Å². The van der Waals surface area contributed by atoms with Crippen molar-refractivity contribution in [1.29, 1.82) is 0 Å². The van der Waals surface area contributed by atoms with Crippen LogP contribution in [0, 0.1) is 5.41 Å². The maximum atomic E-state index is 9.56. The molecule has 0 spiro atoms. The fourth-order valence-electron chi connectivity index (χ4n) is 2.51. The third kappa shape index (κ3) is 3.89. The number of hydrogen-bond donors (Lipinski definition) is 1. The first-order valence-corrected chi connectivity index (χ1v) is 6.28. The second-order valence-corrected chi connectivity index (χ2v) is 4.73. The number of hydrogen-bond acceptors (Lipinski definition) is 3. The SMILES string of the molecule is C=CC[C@]1(CO)CCCN(CCOCC)C1. The van der Waals surface area contributed by atoms with Crippen molar-refractivity contribution in [2.45, 2.75) is 26.2 Å². The van der Waals surface area contributed by atoms with Crippen LogP contribution in [0.5, 0.6) is 0 Å². The van der Waals surface area contributed by atoms with Gasteiger partial charge in [0.1, 0.15) is 0 Å². The molecule has 0 saturated carbocycles. The predicted octanol–water partition coefficient (Wildman–Crippen LogP) is 1.67. The average molecular weight is 227 g/mol. The van der Waals surface area contributed by atoms with Gasteiger partial charge in [-0.3, -0.25) is 0 Å². The molecule has 1 heterocycles. The molecule has 94 valence electrons. The Morgan fingerprint density at radius 2 is 2.38 bits per heavy atom. The molecule has 16 heavy (non-hydrogen) atoms. The fourth-order valence-corrected chi connectivity index (χ4v) is 2.51. The first kappa shape index (κ1) is 13.7. The van der Waals surface area contributed by atoms with Crippen LogP contribution < -0.4 is 0 Å². The van der Waals surface area contributed by atoms with E-state index in [0.717, 1.165) is 45.7 Å². The van der Waals surface area contributed by atoms with Crippen molar-refractivity contribution in [3.63, 3.8) is 0 Å². The lowest BCUT2D eigenvalue weighted by Crippen LogP contribution is -2.46. The van der Waals surface area contributed by atoms with Gasteiger partial charge in [-0.25, -0.2) is 0 Å². The molecule has 0 amide bonds. The van der Waals surface area contributed by atoms with E-state index >= 15 is 0 Å². The second-order valence-electron chi connectivity index (χ2n) is 4.73. The first-order chi connectivity index (χ1) is 7.76. The Kier molecular flexibility index (Phi) is 6.03. The molecule has 1 fully saturated rings. The Labute approximate surface area is 99.1 Å². The van der Waals surface area contributed by atoms with Crippen LogP contribution in [-0.4, -0.2) is 49.5 Å². The van der Waals surface area contributed by atoms with Gasteiger partial charge in [0.2, 0.25) is 0 Å². The summed E-state index contributed by atoms with van der Waals surface area (Å²) in [6.07, 6.45) is 5.12. The predicted molar refractivity (Wildman–Crippen MR) is 66.5 cm³/mol. The van der Waals surface area contributed by atoms with Crippen molar-refractivity contribution in [3.8, 4) is 0 Å². The molecule has 1 saturated heterocycles. The number of likely N-dealkylation sites (tertiary alicyclic amines) is 1. The largest absolute Gasteiger partial charge is 0.396 e. The molecule has 1 aliphatic heterocycles. The van der Waals surface area contributed by atoms with Crippen molar-refractivity contribution in [2.24, 2.45) is 5.41 Å². The molecule has 1 atom stereocenters. The Bertz CT molecular complexity index is 208. The number of aliphatic hydroxyl groups excluding tert-OH is 1. The van der Waals surface area contributed by atoms with Crippen LogP contribution in [0.1, 0.15) is 26.2 Å². The van der Waals surface area contributed by atoms with Gasteiger partial charge in [-0.1, -0.05) is 6.08 Å². The second kappa shape index (κ2) is 7.05. The lowest BCUT2D eigenvalue weighted by Gasteiger charge is -2.41. The Balaban J connectivity index is 2.41. The highest BCUT2D eigenvalue weighted by Crippen LogP contribution is 2.33. The summed E-state index contributed by atoms with van der Waals surface area (Å²) in [6, 6.07) is 0. The van der Waals surface area contributed by atoms with E-state index in [9.17, 15) is 5.11 Å². The number of piperidine rings is 1. The minimum atomic E-state index is 0.0478. The van der Waals surface area contributed by atoms with Crippen LogP contribution in [0.2, 0.25) is 0 Å². The summed E-state index contributed by atoms with van der Waals surface area (Å²) in [5, 5.41) is 9.56. The van der Waals surface area contributed by atoms with Gasteiger partial charge in [0.05, 0.1) is 13.2 Å². The molecule has 3 heteroatoms. The number of rotatable bonds is 7. The van der Waals surface area contributed by atoms with Crippen molar-refractivity contribution < 1.29 is 9.84 Å². The minimum absolute atomic E-state index is 0.0478. The lowest BCUT2D eigenvalue weighted by atomic mass is 9.78. The van der Waals surface area contributed by atoms with Gasteiger partial charge < -0.3 is 14.7 Å². The fraction of sp³-hybridized carbons (Fsp3) is 0.846. The van der Waals surface area contributed by atoms with Crippen LogP contribution in [-0.2, 0) is 4.74 Å². The quantitative estimate of drug-likeness (QED) is 0.530. The van der Waals surface area contributed by atoms with Gasteiger partial charge >= 0.3 is 0 Å². The zero-order chi connectivity index (χ0) is 11.9. The average Bonchev–Trinajstić information content (AvgIpc) is 2.30. The molecular weight excluding hydrogens is 202 g/mol. The molecule has 0 unspecified atom stereocenters. The maximum Gasteiger partial charge on any atom is 0.0593 e. The highest BCUT2D eigenvalue weighted by Gasteiger charge is 2.33. The molecule has 1 aliphatic rings. The third-order valence-electron chi connectivity index (χ3n) is 3.41. The van der Waals surface area contributed by atoms with Crippen molar-refractivity contribution >= 4 is 0 Å². The van der Waals surface area contributed by atoms with E-state index in [4.69, 9.17) is 4.74 Å². The van der Waals surface area contributed by atoms with Crippen molar-refractivity contribution in [1.82, 2.24) is 4.90 Å². The molecule has 1 N–H and O–H groups in total. The number of nitrogens with zero attached hydrogens (tertiary/aromatic N) is 1. The van der Waals surface area contributed by atoms with E-state index < -0.39 is 0 Å². The Morgan fingerprint density at radius 3 is 3.00 bits per heavy atom. The summed E-state index contributed by atoms with van der Waals surface area (Å²) in [5.41, 5.74) is 0.0478. The minimum Gasteiger partial charge on any atom is -0.396 e. The number of allylic oxidation sites excluding steroid dienone is 1. The van der Waals surface area contributed by atoms with E-state index in [1.807, 2.05) is 13.0 Å². The highest BCUT2D eigenvalue weighted by molar-refractivity contribution is 4.91. The monoisotopic (exact) mass is 227 g/mol. The summed E-state index contributed by atoms with van der Waals surface area (Å²) in [7, 11) is 0. The molecular formula is C13H25NO2. The van der Waals surface area contributed by atoms with Gasteiger partial charge in [-0.15, -0.1) is 6.58 Å². The van der Waals surface area contributed by atoms with Crippen LogP contribution in [0.15, 0.2) is 12.7 Å². The topological polar surface area (TPSA) is 32.7 Å². The molecule has 0 aromatic carbocycles. The lowest BCUT2D eigenvalue weighted by molar-refractivity contribution is 0.0194. The van der Waals surface area contributed by atoms with Gasteiger partial charge in [0.15, 0.2) is 0 Å². The molecule has 1 rings (SSSR count). The Morgan fingerprint density at radius 1 is 1.56 bits per heavy atom. The smallest absolute Gasteiger partial charge is 0.0593 e. The van der Waals surface area contributed by atoms with Crippen molar-refractivity contribution in [3.05, 3.63) is 12.7 Å². The van der Waals surface area contributed by atoms with E-state index in [1.165, 1.54) is 6.42 Å². The first-order valence-electron chi connectivity index (χ1n) is 6.28. The van der Waals surface area contributed by atoms with Crippen LogP contribution in [0.25, 0.3) is 0 Å².